The Bertz CT molecular complexity index is 445. The summed E-state index contributed by atoms with van der Waals surface area (Å²) < 4.78 is 0. The van der Waals surface area contributed by atoms with Crippen LogP contribution in [0.1, 0.15) is 18.5 Å². The predicted molar refractivity (Wildman–Crippen MR) is 74.3 cm³/mol. The Morgan fingerprint density at radius 1 is 1.28 bits per heavy atom. The van der Waals surface area contributed by atoms with Crippen LogP contribution in [0.25, 0.3) is 0 Å². The Morgan fingerprint density at radius 3 is 2.50 bits per heavy atom. The van der Waals surface area contributed by atoms with Gasteiger partial charge in [-0.15, -0.1) is 0 Å². The number of benzene rings is 1. The number of nitrogens with zero attached hydrogens (tertiary/aromatic N) is 1. The highest BCUT2D eigenvalue weighted by Gasteiger charge is 2.26. The lowest BCUT2D eigenvalue weighted by molar-refractivity contribution is -0.122. The van der Waals surface area contributed by atoms with Gasteiger partial charge in [0.15, 0.2) is 5.78 Å². The van der Waals surface area contributed by atoms with Crippen molar-refractivity contribution in [2.45, 2.75) is 13.0 Å². The molecule has 0 aromatic heterocycles. The number of nitrogens with one attached hydrogen (secondary N) is 1. The molecular weight excluding hydrogens is 271 g/mol. The van der Waals surface area contributed by atoms with E-state index in [1.165, 1.54) is 0 Å². The molecule has 1 atom stereocenters. The summed E-state index contributed by atoms with van der Waals surface area (Å²) in [6.45, 7) is 5.17. The highest BCUT2D eigenvalue weighted by molar-refractivity contribution is 6.42. The minimum absolute atomic E-state index is 0.135. The van der Waals surface area contributed by atoms with Crippen LogP contribution < -0.4 is 5.32 Å². The van der Waals surface area contributed by atoms with E-state index in [1.807, 2.05) is 6.07 Å². The largest absolute Gasteiger partial charge is 0.314 e. The number of hydrogen-bond acceptors (Lipinski definition) is 3. The third-order valence-electron chi connectivity index (χ3n) is 3.16. The van der Waals surface area contributed by atoms with Crippen LogP contribution in [-0.4, -0.2) is 36.9 Å². The maximum Gasteiger partial charge on any atom is 0.151 e. The number of halogens is 2. The molecule has 1 saturated heterocycles. The molecule has 0 bridgehead atoms. The predicted octanol–water partition coefficient (Wildman–Crippen LogP) is 2.53. The molecule has 1 aromatic rings. The standard InChI is InChI=1S/C13H16Cl2N2O/c1-9(18)13(17-6-4-16-5-7-17)10-2-3-11(14)12(15)8-10/h2-3,8,13,16H,4-7H2,1H3. The summed E-state index contributed by atoms with van der Waals surface area (Å²) in [4.78, 5) is 14.1. The number of carbonyl (C=O) groups excluding carboxylic acids is 1. The van der Waals surface area contributed by atoms with Gasteiger partial charge in [0.05, 0.1) is 16.1 Å². The monoisotopic (exact) mass is 286 g/mol. The fraction of sp³-hybridized carbons (Fsp3) is 0.462. The molecule has 0 saturated carbocycles. The van der Waals surface area contributed by atoms with Gasteiger partial charge in [-0.3, -0.25) is 9.69 Å². The topological polar surface area (TPSA) is 32.3 Å². The normalized spacial score (nSPS) is 18.6. The molecule has 98 valence electrons. The molecule has 0 radical (unpaired) electrons. The smallest absolute Gasteiger partial charge is 0.151 e. The van der Waals surface area contributed by atoms with Crippen LogP contribution in [-0.2, 0) is 4.79 Å². The fourth-order valence-electron chi connectivity index (χ4n) is 2.33. The molecular formula is C13H16Cl2N2O. The molecule has 1 aromatic carbocycles. The van der Waals surface area contributed by atoms with Crippen molar-refractivity contribution in [2.24, 2.45) is 0 Å². The lowest BCUT2D eigenvalue weighted by Gasteiger charge is -2.33. The minimum Gasteiger partial charge on any atom is -0.314 e. The maximum absolute atomic E-state index is 11.9. The SMILES string of the molecule is CC(=O)C(c1ccc(Cl)c(Cl)c1)N1CCNCC1. The van der Waals surface area contributed by atoms with Gasteiger partial charge in [0, 0.05) is 26.2 Å². The first kappa shape index (κ1) is 13.8. The first-order valence-corrected chi connectivity index (χ1v) is 6.75. The molecule has 3 nitrogen and oxygen atoms in total. The van der Waals surface area contributed by atoms with Gasteiger partial charge in [-0.05, 0) is 24.6 Å². The Labute approximate surface area is 117 Å². The fourth-order valence-corrected chi connectivity index (χ4v) is 2.63. The van der Waals surface area contributed by atoms with E-state index in [-0.39, 0.29) is 11.8 Å². The first-order chi connectivity index (χ1) is 8.59. The number of hydrogen-bond donors (Lipinski definition) is 1. The molecule has 0 spiro atoms. The Hall–Kier alpha value is -0.610. The lowest BCUT2D eigenvalue weighted by Crippen LogP contribution is -2.46. The number of piperazine rings is 1. The molecule has 1 aliphatic rings. The van der Waals surface area contributed by atoms with Crippen molar-refractivity contribution in [3.63, 3.8) is 0 Å². The van der Waals surface area contributed by atoms with Crippen molar-refractivity contribution < 1.29 is 4.79 Å². The van der Waals surface area contributed by atoms with E-state index in [0.717, 1.165) is 31.7 Å². The van der Waals surface area contributed by atoms with E-state index in [1.54, 1.807) is 19.1 Å². The average molecular weight is 287 g/mol. The van der Waals surface area contributed by atoms with Crippen molar-refractivity contribution >= 4 is 29.0 Å². The molecule has 5 heteroatoms. The van der Waals surface area contributed by atoms with Crippen LogP contribution in [0.2, 0.25) is 10.0 Å². The highest BCUT2D eigenvalue weighted by Crippen LogP contribution is 2.29. The molecule has 0 amide bonds. The van der Waals surface area contributed by atoms with Crippen molar-refractivity contribution in [3.8, 4) is 0 Å². The van der Waals surface area contributed by atoms with Crippen molar-refractivity contribution in [2.75, 3.05) is 26.2 Å². The van der Waals surface area contributed by atoms with Crippen LogP contribution >= 0.6 is 23.2 Å². The van der Waals surface area contributed by atoms with Crippen molar-refractivity contribution in [3.05, 3.63) is 33.8 Å². The van der Waals surface area contributed by atoms with E-state index >= 15 is 0 Å². The van der Waals surface area contributed by atoms with Crippen molar-refractivity contribution in [1.29, 1.82) is 0 Å². The molecule has 18 heavy (non-hydrogen) atoms. The zero-order chi connectivity index (χ0) is 13.1. The van der Waals surface area contributed by atoms with Crippen LogP contribution in [0.4, 0.5) is 0 Å². The third-order valence-corrected chi connectivity index (χ3v) is 3.90. The molecule has 2 rings (SSSR count). The quantitative estimate of drug-likeness (QED) is 0.927. The second-order valence-electron chi connectivity index (χ2n) is 4.47. The number of carbonyl (C=O) groups is 1. The molecule has 1 fully saturated rings. The van der Waals surface area contributed by atoms with Crippen LogP contribution in [0.15, 0.2) is 18.2 Å². The van der Waals surface area contributed by atoms with Crippen LogP contribution in [0, 0.1) is 0 Å². The zero-order valence-corrected chi connectivity index (χ0v) is 11.8. The Morgan fingerprint density at radius 2 is 1.94 bits per heavy atom. The molecule has 1 aliphatic heterocycles. The van der Waals surface area contributed by atoms with E-state index in [9.17, 15) is 4.79 Å². The van der Waals surface area contributed by atoms with Gasteiger partial charge in [0.25, 0.3) is 0 Å². The second kappa shape index (κ2) is 6.02. The van der Waals surface area contributed by atoms with Crippen LogP contribution in [0.3, 0.4) is 0 Å². The summed E-state index contributed by atoms with van der Waals surface area (Å²) in [7, 11) is 0. The summed E-state index contributed by atoms with van der Waals surface area (Å²) in [6, 6.07) is 5.19. The van der Waals surface area contributed by atoms with Crippen molar-refractivity contribution in [1.82, 2.24) is 10.2 Å². The number of ketones is 1. The highest BCUT2D eigenvalue weighted by atomic mass is 35.5. The van der Waals surface area contributed by atoms with Gasteiger partial charge in [0.1, 0.15) is 0 Å². The molecule has 1 heterocycles. The van der Waals surface area contributed by atoms with E-state index < -0.39 is 0 Å². The lowest BCUT2D eigenvalue weighted by atomic mass is 10.0. The molecule has 1 N–H and O–H groups in total. The minimum atomic E-state index is -0.220. The summed E-state index contributed by atoms with van der Waals surface area (Å²) in [5, 5.41) is 4.29. The van der Waals surface area contributed by atoms with Gasteiger partial charge in [0.2, 0.25) is 0 Å². The Kier molecular flexibility index (Phi) is 4.62. The van der Waals surface area contributed by atoms with E-state index in [4.69, 9.17) is 23.2 Å². The summed E-state index contributed by atoms with van der Waals surface area (Å²) in [5.41, 5.74) is 0.916. The van der Waals surface area contributed by atoms with Gasteiger partial charge < -0.3 is 5.32 Å². The summed E-state index contributed by atoms with van der Waals surface area (Å²) in [6.07, 6.45) is 0. The number of rotatable bonds is 3. The Balaban J connectivity index is 2.28. The summed E-state index contributed by atoms with van der Waals surface area (Å²) in [5.74, 6) is 0.135. The maximum atomic E-state index is 11.9. The molecule has 0 aliphatic carbocycles. The van der Waals surface area contributed by atoms with Gasteiger partial charge >= 0.3 is 0 Å². The zero-order valence-electron chi connectivity index (χ0n) is 10.2. The second-order valence-corrected chi connectivity index (χ2v) is 5.29. The summed E-state index contributed by atoms with van der Waals surface area (Å²) >= 11 is 11.9. The average Bonchev–Trinajstić information content (AvgIpc) is 2.35. The first-order valence-electron chi connectivity index (χ1n) is 6.00. The number of Topliss-reactive ketones (excluding diaryl/α,β-unsaturated/α-hetero) is 1. The van der Waals surface area contributed by atoms with Gasteiger partial charge in [-0.1, -0.05) is 29.3 Å². The van der Waals surface area contributed by atoms with Crippen LogP contribution in [0.5, 0.6) is 0 Å². The third kappa shape index (κ3) is 3.04. The molecule has 1 unspecified atom stereocenters. The van der Waals surface area contributed by atoms with E-state index in [2.05, 4.69) is 10.2 Å². The van der Waals surface area contributed by atoms with E-state index in [0.29, 0.717) is 10.0 Å². The van der Waals surface area contributed by atoms with Gasteiger partial charge in [-0.2, -0.15) is 0 Å². The van der Waals surface area contributed by atoms with Gasteiger partial charge in [-0.25, -0.2) is 0 Å².